The van der Waals surface area contributed by atoms with Crippen LogP contribution >= 0.6 is 0 Å². The average Bonchev–Trinajstić information content (AvgIpc) is 3.45. The number of hydrogen-bond donors (Lipinski definition) is 2. The van der Waals surface area contributed by atoms with E-state index in [0.717, 1.165) is 31.7 Å². The van der Waals surface area contributed by atoms with Crippen molar-refractivity contribution in [2.24, 2.45) is 5.41 Å². The number of nitrogens with one attached hydrogen (secondary N) is 2. The lowest BCUT2D eigenvalue weighted by Crippen LogP contribution is -2.31. The lowest BCUT2D eigenvalue weighted by Gasteiger charge is -2.32. The predicted octanol–water partition coefficient (Wildman–Crippen LogP) is 3.57. The van der Waals surface area contributed by atoms with Crippen molar-refractivity contribution >= 4 is 23.0 Å². The molecular weight excluding hydrogens is 470 g/mol. The molecule has 2 N–H and O–H groups in total. The van der Waals surface area contributed by atoms with E-state index in [1.165, 1.54) is 41.7 Å². The number of pyridine rings is 1. The first-order chi connectivity index (χ1) is 17.3. The number of methoxy groups -OCH3 is 1. The molecule has 12 heteroatoms. The molecule has 5 rings (SSSR count). The lowest BCUT2D eigenvalue weighted by atomic mass is 9.75. The van der Waals surface area contributed by atoms with Crippen LogP contribution in [0.5, 0.6) is 5.88 Å². The number of aromatic nitrogens is 5. The van der Waals surface area contributed by atoms with Crippen LogP contribution < -0.4 is 15.4 Å². The molecule has 36 heavy (non-hydrogen) atoms. The highest BCUT2D eigenvalue weighted by atomic mass is 19.1. The van der Waals surface area contributed by atoms with Gasteiger partial charge in [0.15, 0.2) is 17.3 Å². The maximum absolute atomic E-state index is 15.3. The van der Waals surface area contributed by atoms with Gasteiger partial charge in [-0.05, 0) is 38.7 Å². The van der Waals surface area contributed by atoms with Crippen molar-refractivity contribution in [1.82, 2.24) is 29.3 Å². The zero-order chi connectivity index (χ0) is 25.6. The number of ether oxygens (including phenoxy) is 1. The zero-order valence-electron chi connectivity index (χ0n) is 20.0. The molecule has 0 atom stereocenters. The molecule has 0 unspecified atom stereocenters. The molecule has 1 aliphatic rings. The number of anilines is 1. The van der Waals surface area contributed by atoms with Crippen LogP contribution in [0.1, 0.15) is 43.1 Å². The third-order valence-corrected chi connectivity index (χ3v) is 6.75. The highest BCUT2D eigenvalue weighted by Gasteiger charge is 2.31. The lowest BCUT2D eigenvalue weighted by molar-refractivity contribution is 0.0957. The minimum absolute atomic E-state index is 0.0261. The molecule has 0 bridgehead atoms. The van der Waals surface area contributed by atoms with Crippen molar-refractivity contribution in [3.05, 3.63) is 42.0 Å². The van der Waals surface area contributed by atoms with Crippen LogP contribution in [0.25, 0.3) is 22.3 Å². The topological polar surface area (TPSA) is 122 Å². The molecular formula is C24H24F2N8O2. The summed E-state index contributed by atoms with van der Waals surface area (Å²) in [5.41, 5.74) is 0.110. The van der Waals surface area contributed by atoms with Gasteiger partial charge in [-0.15, -0.1) is 5.10 Å². The minimum Gasteiger partial charge on any atom is -0.479 e. The smallest absolute Gasteiger partial charge is 0.269 e. The molecule has 1 fully saturated rings. The van der Waals surface area contributed by atoms with E-state index in [4.69, 9.17) is 4.74 Å². The molecule has 0 aromatic carbocycles. The zero-order valence-corrected chi connectivity index (χ0v) is 20.0. The van der Waals surface area contributed by atoms with E-state index < -0.39 is 17.5 Å². The first kappa shape index (κ1) is 23.5. The Morgan fingerprint density at radius 3 is 2.69 bits per heavy atom. The molecule has 1 aliphatic carbocycles. The van der Waals surface area contributed by atoms with Gasteiger partial charge in [0, 0.05) is 24.8 Å². The number of halogens is 2. The first-order valence-corrected chi connectivity index (χ1v) is 11.5. The summed E-state index contributed by atoms with van der Waals surface area (Å²) in [7, 11) is 2.86. The first-order valence-electron chi connectivity index (χ1n) is 11.5. The monoisotopic (exact) mass is 494 g/mol. The SMILES string of the molecule is CNC(=O)c1cnc2c(F)cc(-c3c(F)cn4nc(N[C@H]5CC[C@@](C)(C#N)CC5)nc(OC)c34)cn12. The van der Waals surface area contributed by atoms with Gasteiger partial charge in [-0.25, -0.2) is 18.3 Å². The van der Waals surface area contributed by atoms with Crippen LogP contribution in [-0.4, -0.2) is 50.1 Å². The summed E-state index contributed by atoms with van der Waals surface area (Å²) >= 11 is 0. The van der Waals surface area contributed by atoms with Crippen molar-refractivity contribution in [2.45, 2.75) is 38.6 Å². The quantitative estimate of drug-likeness (QED) is 0.435. The van der Waals surface area contributed by atoms with E-state index >= 15 is 4.39 Å². The molecule has 10 nitrogen and oxygen atoms in total. The van der Waals surface area contributed by atoms with E-state index in [1.54, 1.807) is 0 Å². The van der Waals surface area contributed by atoms with Gasteiger partial charge in [-0.2, -0.15) is 10.2 Å². The Morgan fingerprint density at radius 2 is 2.03 bits per heavy atom. The number of rotatable bonds is 5. The Balaban J connectivity index is 1.56. The van der Waals surface area contributed by atoms with Crippen molar-refractivity contribution in [3.63, 3.8) is 0 Å². The van der Waals surface area contributed by atoms with Crippen LogP contribution in [-0.2, 0) is 0 Å². The van der Waals surface area contributed by atoms with Gasteiger partial charge in [0.25, 0.3) is 5.91 Å². The summed E-state index contributed by atoms with van der Waals surface area (Å²) in [6, 6.07) is 3.59. The summed E-state index contributed by atoms with van der Waals surface area (Å²) in [6.07, 6.45) is 6.92. The Labute approximate surface area is 204 Å². The second-order valence-electron chi connectivity index (χ2n) is 9.17. The number of amides is 1. The van der Waals surface area contributed by atoms with Crippen LogP contribution in [0.4, 0.5) is 14.7 Å². The molecule has 4 aromatic rings. The number of carbonyl (C=O) groups is 1. The number of nitriles is 1. The Kier molecular flexibility index (Phi) is 5.70. The van der Waals surface area contributed by atoms with Crippen molar-refractivity contribution in [3.8, 4) is 23.1 Å². The van der Waals surface area contributed by atoms with Crippen LogP contribution in [0.15, 0.2) is 24.7 Å². The molecule has 0 aliphatic heterocycles. The van der Waals surface area contributed by atoms with Crippen LogP contribution in [0, 0.1) is 28.4 Å². The molecule has 0 radical (unpaired) electrons. The van der Waals surface area contributed by atoms with Crippen molar-refractivity contribution in [1.29, 1.82) is 5.26 Å². The maximum Gasteiger partial charge on any atom is 0.269 e. The summed E-state index contributed by atoms with van der Waals surface area (Å²) in [5, 5.41) is 19.5. The molecule has 0 saturated heterocycles. The standard InChI is InChI=1S/C24H24F2N8O2/c1-24(12-27)6-4-14(5-7-24)30-23-31-22(36-3)19-18(16(26)11-34(19)32-23)13-8-15(25)20-29-9-17(21(35)28-2)33(20)10-13/h8-11,14H,4-7H2,1-3H3,(H,28,35)(H,30,32)/t14-,24+. The number of hydrogen-bond acceptors (Lipinski definition) is 7. The summed E-state index contributed by atoms with van der Waals surface area (Å²) in [6.45, 7) is 1.96. The highest BCUT2D eigenvalue weighted by molar-refractivity contribution is 5.93. The van der Waals surface area contributed by atoms with Gasteiger partial charge in [0.1, 0.15) is 11.2 Å². The van der Waals surface area contributed by atoms with Crippen LogP contribution in [0.3, 0.4) is 0 Å². The molecule has 4 aromatic heterocycles. The van der Waals surface area contributed by atoms with Gasteiger partial charge in [0.2, 0.25) is 11.8 Å². The Hall–Kier alpha value is -4.27. The second-order valence-corrected chi connectivity index (χ2v) is 9.17. The van der Waals surface area contributed by atoms with E-state index in [1.807, 2.05) is 6.92 Å². The van der Waals surface area contributed by atoms with E-state index in [9.17, 15) is 14.4 Å². The normalized spacial score (nSPS) is 19.8. The summed E-state index contributed by atoms with van der Waals surface area (Å²) < 4.78 is 38.2. The van der Waals surface area contributed by atoms with E-state index in [-0.39, 0.29) is 51.3 Å². The van der Waals surface area contributed by atoms with Gasteiger partial charge in [-0.1, -0.05) is 0 Å². The number of nitrogens with zero attached hydrogens (tertiary/aromatic N) is 6. The number of imidazole rings is 1. The average molecular weight is 495 g/mol. The minimum atomic E-state index is -0.721. The molecule has 186 valence electrons. The highest BCUT2D eigenvalue weighted by Crippen LogP contribution is 2.37. The van der Waals surface area contributed by atoms with Crippen molar-refractivity contribution in [2.75, 3.05) is 19.5 Å². The fourth-order valence-corrected chi connectivity index (χ4v) is 4.67. The fourth-order valence-electron chi connectivity index (χ4n) is 4.67. The number of carbonyl (C=O) groups excluding carboxylic acids is 1. The Morgan fingerprint density at radius 1 is 1.28 bits per heavy atom. The molecule has 0 spiro atoms. The Bertz CT molecular complexity index is 1530. The fraction of sp³-hybridized carbons (Fsp3) is 0.375. The molecule has 1 saturated carbocycles. The van der Waals surface area contributed by atoms with E-state index in [2.05, 4.69) is 31.8 Å². The largest absolute Gasteiger partial charge is 0.479 e. The van der Waals surface area contributed by atoms with Crippen molar-refractivity contribution < 1.29 is 18.3 Å². The summed E-state index contributed by atoms with van der Waals surface area (Å²) in [4.78, 5) is 20.6. The third-order valence-electron chi connectivity index (χ3n) is 6.75. The van der Waals surface area contributed by atoms with Gasteiger partial charge in [0.05, 0.1) is 36.6 Å². The third kappa shape index (κ3) is 3.86. The van der Waals surface area contributed by atoms with Gasteiger partial charge >= 0.3 is 0 Å². The number of fused-ring (bicyclic) bond motifs is 2. The van der Waals surface area contributed by atoms with Gasteiger partial charge in [-0.3, -0.25) is 9.20 Å². The van der Waals surface area contributed by atoms with Gasteiger partial charge < -0.3 is 15.4 Å². The maximum atomic E-state index is 15.3. The summed E-state index contributed by atoms with van der Waals surface area (Å²) in [5.74, 6) is -1.49. The molecule has 4 heterocycles. The second kappa shape index (κ2) is 8.75. The predicted molar refractivity (Wildman–Crippen MR) is 127 cm³/mol. The van der Waals surface area contributed by atoms with Crippen LogP contribution in [0.2, 0.25) is 0 Å². The van der Waals surface area contributed by atoms with E-state index in [0.29, 0.717) is 0 Å². The molecule has 1 amide bonds.